The number of benzene rings is 1. The van der Waals surface area contributed by atoms with Crippen molar-refractivity contribution >= 4 is 23.6 Å². The molecule has 1 saturated carbocycles. The quantitative estimate of drug-likeness (QED) is 0.349. The predicted molar refractivity (Wildman–Crippen MR) is 102 cm³/mol. The maximum atomic E-state index is 12.8. The Labute approximate surface area is 167 Å². The first kappa shape index (κ1) is 20.3. The van der Waals surface area contributed by atoms with Gasteiger partial charge < -0.3 is 10.5 Å². The van der Waals surface area contributed by atoms with Gasteiger partial charge in [-0.25, -0.2) is 4.79 Å². The van der Waals surface area contributed by atoms with Gasteiger partial charge in [-0.3, -0.25) is 19.3 Å². The van der Waals surface area contributed by atoms with Crippen molar-refractivity contribution < 1.29 is 23.9 Å². The standard InChI is InChI=1S/C21H21N3O5/c1-12(23)17(10-22)18(25)11-29-21(28)13-7-8-15-16(9-13)20(27)24(19(15)26)14-5-3-2-4-6-14/h7-9,14H,2-6,11,23H2,1H3/b17-12+. The fourth-order valence-electron chi connectivity index (χ4n) is 3.71. The summed E-state index contributed by atoms with van der Waals surface area (Å²) in [5.74, 6) is -2.29. The smallest absolute Gasteiger partial charge is 0.338 e. The molecule has 2 N–H and O–H groups in total. The van der Waals surface area contributed by atoms with Gasteiger partial charge in [0.05, 0.1) is 16.7 Å². The summed E-state index contributed by atoms with van der Waals surface area (Å²) in [6.07, 6.45) is 4.63. The molecule has 1 fully saturated rings. The number of carbonyl (C=O) groups excluding carboxylic acids is 4. The van der Waals surface area contributed by atoms with Crippen LogP contribution in [0.15, 0.2) is 29.5 Å². The third-order valence-corrected chi connectivity index (χ3v) is 5.21. The summed E-state index contributed by atoms with van der Waals surface area (Å²) in [6, 6.07) is 5.70. The molecule has 0 radical (unpaired) electrons. The minimum atomic E-state index is -0.829. The molecule has 1 aromatic carbocycles. The Balaban J connectivity index is 1.74. The number of imide groups is 1. The van der Waals surface area contributed by atoms with Gasteiger partial charge in [0.25, 0.3) is 11.8 Å². The Bertz CT molecular complexity index is 963. The van der Waals surface area contributed by atoms with Crippen molar-refractivity contribution in [2.24, 2.45) is 5.73 Å². The van der Waals surface area contributed by atoms with Crippen LogP contribution in [0.4, 0.5) is 0 Å². The van der Waals surface area contributed by atoms with Crippen LogP contribution in [0.25, 0.3) is 0 Å². The van der Waals surface area contributed by atoms with E-state index in [-0.39, 0.29) is 39.9 Å². The van der Waals surface area contributed by atoms with Crippen molar-refractivity contribution in [1.29, 1.82) is 5.26 Å². The average molecular weight is 395 g/mol. The van der Waals surface area contributed by atoms with Crippen LogP contribution in [0.5, 0.6) is 0 Å². The van der Waals surface area contributed by atoms with Gasteiger partial charge in [0.2, 0.25) is 5.78 Å². The lowest BCUT2D eigenvalue weighted by Gasteiger charge is -2.29. The first-order valence-electron chi connectivity index (χ1n) is 9.44. The molecule has 0 spiro atoms. The number of Topliss-reactive ketones (excluding diaryl/α,β-unsaturated/α-hetero) is 1. The summed E-state index contributed by atoms with van der Waals surface area (Å²) in [4.78, 5) is 51.0. The van der Waals surface area contributed by atoms with Crippen LogP contribution in [-0.2, 0) is 9.53 Å². The first-order valence-corrected chi connectivity index (χ1v) is 9.44. The van der Waals surface area contributed by atoms with Crippen molar-refractivity contribution in [3.8, 4) is 6.07 Å². The largest absolute Gasteiger partial charge is 0.454 e. The van der Waals surface area contributed by atoms with Crippen LogP contribution in [0.2, 0.25) is 0 Å². The third kappa shape index (κ3) is 3.90. The lowest BCUT2D eigenvalue weighted by atomic mass is 9.94. The number of nitrogens with zero attached hydrogens (tertiary/aromatic N) is 2. The Morgan fingerprint density at radius 1 is 1.17 bits per heavy atom. The van der Waals surface area contributed by atoms with Crippen LogP contribution in [0, 0.1) is 11.3 Å². The van der Waals surface area contributed by atoms with E-state index >= 15 is 0 Å². The molecule has 0 unspecified atom stereocenters. The lowest BCUT2D eigenvalue weighted by Crippen LogP contribution is -2.40. The molecular weight excluding hydrogens is 374 g/mol. The van der Waals surface area contributed by atoms with Crippen LogP contribution in [-0.4, -0.2) is 41.1 Å². The number of amides is 2. The lowest BCUT2D eigenvalue weighted by molar-refractivity contribution is -0.118. The molecule has 0 saturated heterocycles. The number of fused-ring (bicyclic) bond motifs is 1. The fourth-order valence-corrected chi connectivity index (χ4v) is 3.71. The van der Waals surface area contributed by atoms with Crippen molar-refractivity contribution in [1.82, 2.24) is 4.90 Å². The number of nitriles is 1. The van der Waals surface area contributed by atoms with E-state index in [2.05, 4.69) is 0 Å². The molecule has 0 atom stereocenters. The zero-order chi connectivity index (χ0) is 21.1. The highest BCUT2D eigenvalue weighted by molar-refractivity contribution is 6.22. The van der Waals surface area contributed by atoms with Gasteiger partial charge in [-0.15, -0.1) is 0 Å². The van der Waals surface area contributed by atoms with Crippen molar-refractivity contribution in [3.63, 3.8) is 0 Å². The summed E-state index contributed by atoms with van der Waals surface area (Å²) in [5, 5.41) is 8.92. The summed E-state index contributed by atoms with van der Waals surface area (Å²) >= 11 is 0. The predicted octanol–water partition coefficient (Wildman–Crippen LogP) is 2.10. The van der Waals surface area contributed by atoms with Crippen molar-refractivity contribution in [2.75, 3.05) is 6.61 Å². The van der Waals surface area contributed by atoms with E-state index < -0.39 is 24.3 Å². The Morgan fingerprint density at radius 2 is 1.83 bits per heavy atom. The zero-order valence-electron chi connectivity index (χ0n) is 16.1. The molecule has 3 rings (SSSR count). The van der Waals surface area contributed by atoms with Gasteiger partial charge in [0.15, 0.2) is 6.61 Å². The number of carbonyl (C=O) groups is 4. The van der Waals surface area contributed by atoms with E-state index in [4.69, 9.17) is 15.7 Å². The fraction of sp³-hybridized carbons (Fsp3) is 0.381. The highest BCUT2D eigenvalue weighted by atomic mass is 16.5. The van der Waals surface area contributed by atoms with Gasteiger partial charge in [0.1, 0.15) is 11.6 Å². The Hall–Kier alpha value is -3.47. The maximum absolute atomic E-state index is 12.8. The van der Waals surface area contributed by atoms with Gasteiger partial charge in [-0.05, 0) is 38.0 Å². The van der Waals surface area contributed by atoms with E-state index in [0.717, 1.165) is 32.1 Å². The normalized spacial score (nSPS) is 17.4. The molecular formula is C21H21N3O5. The molecule has 0 bridgehead atoms. The Kier molecular flexibility index (Phi) is 5.78. The Morgan fingerprint density at radius 3 is 2.45 bits per heavy atom. The molecule has 0 aromatic heterocycles. The van der Waals surface area contributed by atoms with Gasteiger partial charge in [-0.2, -0.15) is 5.26 Å². The van der Waals surface area contributed by atoms with Crippen LogP contribution in [0.1, 0.15) is 70.1 Å². The van der Waals surface area contributed by atoms with E-state index in [1.54, 1.807) is 6.07 Å². The van der Waals surface area contributed by atoms with Crippen molar-refractivity contribution in [2.45, 2.75) is 45.1 Å². The molecule has 1 aliphatic carbocycles. The highest BCUT2D eigenvalue weighted by Gasteiger charge is 2.40. The molecule has 2 aliphatic rings. The summed E-state index contributed by atoms with van der Waals surface area (Å²) in [7, 11) is 0. The van der Waals surface area contributed by atoms with E-state index in [9.17, 15) is 19.2 Å². The highest BCUT2D eigenvalue weighted by Crippen LogP contribution is 2.31. The van der Waals surface area contributed by atoms with E-state index in [0.29, 0.717) is 0 Å². The molecule has 8 heteroatoms. The molecule has 8 nitrogen and oxygen atoms in total. The molecule has 1 aliphatic heterocycles. The average Bonchev–Trinajstić information content (AvgIpc) is 2.97. The number of esters is 1. The summed E-state index contributed by atoms with van der Waals surface area (Å²) < 4.78 is 4.95. The van der Waals surface area contributed by atoms with Gasteiger partial charge in [0, 0.05) is 11.7 Å². The van der Waals surface area contributed by atoms with Gasteiger partial charge in [-0.1, -0.05) is 19.3 Å². The maximum Gasteiger partial charge on any atom is 0.338 e. The second-order valence-corrected chi connectivity index (χ2v) is 7.20. The number of allylic oxidation sites excluding steroid dienone is 1. The first-order chi connectivity index (χ1) is 13.8. The summed E-state index contributed by atoms with van der Waals surface area (Å²) in [5.41, 5.74) is 5.70. The van der Waals surface area contributed by atoms with Crippen LogP contribution < -0.4 is 5.73 Å². The zero-order valence-corrected chi connectivity index (χ0v) is 16.1. The minimum Gasteiger partial charge on any atom is -0.454 e. The molecule has 150 valence electrons. The number of nitrogens with two attached hydrogens (primary N) is 1. The molecule has 2 amide bonds. The molecule has 29 heavy (non-hydrogen) atoms. The van der Waals surface area contributed by atoms with Crippen molar-refractivity contribution in [3.05, 3.63) is 46.2 Å². The number of ether oxygens (including phenoxy) is 1. The topological polar surface area (TPSA) is 131 Å². The summed E-state index contributed by atoms with van der Waals surface area (Å²) in [6.45, 7) is 0.758. The van der Waals surface area contributed by atoms with Gasteiger partial charge >= 0.3 is 5.97 Å². The van der Waals surface area contributed by atoms with E-state index in [1.807, 2.05) is 0 Å². The minimum absolute atomic E-state index is 0.0398. The number of hydrogen-bond donors (Lipinski definition) is 1. The number of hydrogen-bond acceptors (Lipinski definition) is 7. The van der Waals surface area contributed by atoms with E-state index in [1.165, 1.54) is 30.0 Å². The second kappa shape index (κ2) is 8.27. The number of rotatable bonds is 5. The molecule has 1 heterocycles. The molecule has 1 aromatic rings. The SMILES string of the molecule is C/C(N)=C(/C#N)C(=O)COC(=O)c1ccc2c(c1)C(=O)N(C1CCCCC1)C2=O. The number of ketones is 1. The van der Waals surface area contributed by atoms with Crippen LogP contribution >= 0.6 is 0 Å². The monoisotopic (exact) mass is 395 g/mol. The van der Waals surface area contributed by atoms with Crippen LogP contribution in [0.3, 0.4) is 0 Å². The second-order valence-electron chi connectivity index (χ2n) is 7.20. The third-order valence-electron chi connectivity index (χ3n) is 5.21.